The van der Waals surface area contributed by atoms with Gasteiger partial charge < -0.3 is 14.7 Å². The number of ether oxygens (including phenoxy) is 1. The number of hydrogen-bond donors (Lipinski definition) is 1. The lowest BCUT2D eigenvalue weighted by atomic mass is 10.0. The van der Waals surface area contributed by atoms with Crippen molar-refractivity contribution in [2.45, 2.75) is 51.2 Å². The van der Waals surface area contributed by atoms with Crippen molar-refractivity contribution in [1.29, 1.82) is 0 Å². The fourth-order valence-corrected chi connectivity index (χ4v) is 3.75. The van der Waals surface area contributed by atoms with Gasteiger partial charge in [-0.1, -0.05) is 17.7 Å². The number of likely N-dealkylation sites (tertiary alicyclic amines) is 1. The second-order valence-electron chi connectivity index (χ2n) is 6.58. The summed E-state index contributed by atoms with van der Waals surface area (Å²) in [5.41, 5.74) is 3.20. The van der Waals surface area contributed by atoms with Crippen LogP contribution in [0.15, 0.2) is 35.4 Å². The van der Waals surface area contributed by atoms with Gasteiger partial charge in [0, 0.05) is 12.1 Å². The first-order valence-corrected chi connectivity index (χ1v) is 8.41. The summed E-state index contributed by atoms with van der Waals surface area (Å²) in [6, 6.07) is 7.71. The molecule has 3 rings (SSSR count). The molecule has 1 aliphatic carbocycles. The van der Waals surface area contributed by atoms with Crippen LogP contribution in [0.5, 0.6) is 5.75 Å². The molecule has 1 N–H and O–H groups in total. The third-order valence-corrected chi connectivity index (χ3v) is 5.08. The standard InChI is InChI=1S/C19H25NO3/c1-13(14-6-3-4-7-14)19(22)20-12-16(21)11-18(20)15-8-5-9-17(10-15)23-2/h5,8-10,16,18,21H,3-4,6-7,11-12H2,1-2H3/t16-,18-/m0/s1. The van der Waals surface area contributed by atoms with Crippen LogP contribution in [-0.2, 0) is 4.79 Å². The molecule has 4 nitrogen and oxygen atoms in total. The fraction of sp³-hybridized carbons (Fsp3) is 0.526. The highest BCUT2D eigenvalue weighted by Gasteiger charge is 2.36. The number of aliphatic hydroxyl groups is 1. The number of hydrogen-bond acceptors (Lipinski definition) is 3. The first-order chi connectivity index (χ1) is 11.1. The Labute approximate surface area is 137 Å². The Balaban J connectivity index is 1.87. The summed E-state index contributed by atoms with van der Waals surface area (Å²) in [5.74, 6) is 0.855. The SMILES string of the molecule is COc1cccc([C@@H]2C[C@H](O)CN2C(=O)C(C)=C2CCCC2)c1. The van der Waals surface area contributed by atoms with Gasteiger partial charge in [0.05, 0.1) is 19.3 Å². The molecule has 2 fully saturated rings. The van der Waals surface area contributed by atoms with E-state index in [4.69, 9.17) is 4.74 Å². The van der Waals surface area contributed by atoms with Crippen LogP contribution >= 0.6 is 0 Å². The number of rotatable bonds is 3. The summed E-state index contributed by atoms with van der Waals surface area (Å²) >= 11 is 0. The molecular weight excluding hydrogens is 290 g/mol. The molecule has 2 aliphatic rings. The van der Waals surface area contributed by atoms with Gasteiger partial charge in [0.2, 0.25) is 5.91 Å². The van der Waals surface area contributed by atoms with E-state index in [1.54, 1.807) is 7.11 Å². The number of β-amino-alcohol motifs (C(OH)–C–C–N with tert-alkyl or cyclic N) is 1. The van der Waals surface area contributed by atoms with Gasteiger partial charge in [-0.2, -0.15) is 0 Å². The Morgan fingerprint density at radius 1 is 1.30 bits per heavy atom. The maximum Gasteiger partial charge on any atom is 0.250 e. The molecule has 0 spiro atoms. The van der Waals surface area contributed by atoms with Crippen LogP contribution in [0.2, 0.25) is 0 Å². The Morgan fingerprint density at radius 3 is 2.74 bits per heavy atom. The number of benzene rings is 1. The molecule has 23 heavy (non-hydrogen) atoms. The fourth-order valence-electron chi connectivity index (χ4n) is 3.75. The zero-order valence-corrected chi connectivity index (χ0v) is 13.9. The van der Waals surface area contributed by atoms with Gasteiger partial charge >= 0.3 is 0 Å². The van der Waals surface area contributed by atoms with Crippen molar-refractivity contribution in [2.75, 3.05) is 13.7 Å². The van der Waals surface area contributed by atoms with Gasteiger partial charge in [-0.15, -0.1) is 0 Å². The predicted octanol–water partition coefficient (Wildman–Crippen LogP) is 3.22. The monoisotopic (exact) mass is 315 g/mol. The summed E-state index contributed by atoms with van der Waals surface area (Å²) in [6.07, 6.45) is 4.57. The number of carbonyl (C=O) groups is 1. The van der Waals surface area contributed by atoms with Crippen molar-refractivity contribution in [3.8, 4) is 5.75 Å². The second-order valence-corrected chi connectivity index (χ2v) is 6.58. The summed E-state index contributed by atoms with van der Waals surface area (Å²) in [5, 5.41) is 10.1. The predicted molar refractivity (Wildman–Crippen MR) is 89.2 cm³/mol. The molecule has 1 aromatic rings. The molecule has 1 aliphatic heterocycles. The Bertz CT molecular complexity index is 615. The lowest BCUT2D eigenvalue weighted by Gasteiger charge is -2.26. The minimum Gasteiger partial charge on any atom is -0.497 e. The Hall–Kier alpha value is -1.81. The van der Waals surface area contributed by atoms with E-state index in [9.17, 15) is 9.90 Å². The minimum atomic E-state index is -0.462. The lowest BCUT2D eigenvalue weighted by Crippen LogP contribution is -2.32. The molecule has 1 amide bonds. The quantitative estimate of drug-likeness (QED) is 0.871. The van der Waals surface area contributed by atoms with Crippen LogP contribution in [0.3, 0.4) is 0 Å². The van der Waals surface area contributed by atoms with E-state index < -0.39 is 6.10 Å². The third-order valence-electron chi connectivity index (χ3n) is 5.08. The Morgan fingerprint density at radius 2 is 2.04 bits per heavy atom. The molecule has 2 atom stereocenters. The van der Waals surface area contributed by atoms with E-state index in [-0.39, 0.29) is 11.9 Å². The van der Waals surface area contributed by atoms with Crippen molar-refractivity contribution in [2.24, 2.45) is 0 Å². The summed E-state index contributed by atoms with van der Waals surface area (Å²) in [6.45, 7) is 2.35. The average Bonchev–Trinajstić information content (AvgIpc) is 3.23. The average molecular weight is 315 g/mol. The van der Waals surface area contributed by atoms with Crippen LogP contribution in [0, 0.1) is 0 Å². The molecule has 0 radical (unpaired) electrons. The highest BCUT2D eigenvalue weighted by atomic mass is 16.5. The highest BCUT2D eigenvalue weighted by molar-refractivity contribution is 5.94. The topological polar surface area (TPSA) is 49.8 Å². The van der Waals surface area contributed by atoms with E-state index >= 15 is 0 Å². The van der Waals surface area contributed by atoms with Gasteiger partial charge in [-0.25, -0.2) is 0 Å². The first kappa shape index (κ1) is 16.1. The summed E-state index contributed by atoms with van der Waals surface area (Å²) in [4.78, 5) is 14.8. The van der Waals surface area contributed by atoms with Gasteiger partial charge in [0.1, 0.15) is 5.75 Å². The van der Waals surface area contributed by atoms with Crippen LogP contribution in [-0.4, -0.2) is 35.7 Å². The molecule has 0 aromatic heterocycles. The third kappa shape index (κ3) is 3.27. The maximum atomic E-state index is 12.9. The number of carbonyl (C=O) groups excluding carboxylic acids is 1. The van der Waals surface area contributed by atoms with Crippen LogP contribution in [0.25, 0.3) is 0 Å². The molecule has 1 heterocycles. The van der Waals surface area contributed by atoms with Crippen LogP contribution in [0.4, 0.5) is 0 Å². The van der Waals surface area contributed by atoms with Gasteiger partial charge in [0.15, 0.2) is 0 Å². The molecule has 1 aromatic carbocycles. The zero-order valence-electron chi connectivity index (χ0n) is 13.9. The molecule has 4 heteroatoms. The number of methoxy groups -OCH3 is 1. The van der Waals surface area contributed by atoms with E-state index in [0.717, 1.165) is 29.7 Å². The van der Waals surface area contributed by atoms with Crippen molar-refractivity contribution in [1.82, 2.24) is 4.90 Å². The van der Waals surface area contributed by atoms with E-state index in [1.807, 2.05) is 36.1 Å². The molecule has 0 unspecified atom stereocenters. The van der Waals surface area contributed by atoms with E-state index in [1.165, 1.54) is 18.4 Å². The van der Waals surface area contributed by atoms with E-state index in [2.05, 4.69) is 0 Å². The normalized spacial score (nSPS) is 24.1. The van der Waals surface area contributed by atoms with Gasteiger partial charge in [-0.3, -0.25) is 4.79 Å². The number of nitrogens with zero attached hydrogens (tertiary/aromatic N) is 1. The van der Waals surface area contributed by atoms with Crippen LogP contribution in [0.1, 0.15) is 50.6 Å². The molecule has 1 saturated carbocycles. The smallest absolute Gasteiger partial charge is 0.250 e. The minimum absolute atomic E-state index is 0.0752. The zero-order chi connectivity index (χ0) is 16.4. The maximum absolute atomic E-state index is 12.9. The van der Waals surface area contributed by atoms with E-state index in [0.29, 0.717) is 13.0 Å². The van der Waals surface area contributed by atoms with Crippen molar-refractivity contribution in [3.63, 3.8) is 0 Å². The van der Waals surface area contributed by atoms with Crippen molar-refractivity contribution < 1.29 is 14.6 Å². The molecule has 0 bridgehead atoms. The van der Waals surface area contributed by atoms with Crippen LogP contribution < -0.4 is 4.74 Å². The van der Waals surface area contributed by atoms with Crippen molar-refractivity contribution >= 4 is 5.91 Å². The number of allylic oxidation sites excluding steroid dienone is 1. The first-order valence-electron chi connectivity index (χ1n) is 8.41. The molecule has 1 saturated heterocycles. The van der Waals surface area contributed by atoms with Crippen molar-refractivity contribution in [3.05, 3.63) is 41.0 Å². The lowest BCUT2D eigenvalue weighted by molar-refractivity contribution is -0.128. The summed E-state index contributed by atoms with van der Waals surface area (Å²) < 4.78 is 5.29. The largest absolute Gasteiger partial charge is 0.497 e. The summed E-state index contributed by atoms with van der Waals surface area (Å²) in [7, 11) is 1.64. The van der Waals surface area contributed by atoms with Gasteiger partial charge in [-0.05, 0) is 56.7 Å². The number of aliphatic hydroxyl groups excluding tert-OH is 1. The number of amides is 1. The second kappa shape index (κ2) is 6.75. The highest BCUT2D eigenvalue weighted by Crippen LogP contribution is 2.36. The van der Waals surface area contributed by atoms with Gasteiger partial charge in [0.25, 0.3) is 0 Å². The Kier molecular flexibility index (Phi) is 4.71. The molecule has 124 valence electrons. The molecular formula is C19H25NO3.